The minimum atomic E-state index is -0.382. The second-order valence-electron chi connectivity index (χ2n) is 4.11. The number of ether oxygens (including phenoxy) is 1. The Morgan fingerprint density at radius 1 is 1.50 bits per heavy atom. The summed E-state index contributed by atoms with van der Waals surface area (Å²) in [5, 5.41) is 3.76. The summed E-state index contributed by atoms with van der Waals surface area (Å²) in [6.45, 7) is 5.91. The first-order valence-corrected chi connectivity index (χ1v) is 4.74. The normalized spacial score (nSPS) is 23.9. The number of oxime groups is 1. The lowest BCUT2D eigenvalue weighted by molar-refractivity contribution is -0.137. The van der Waals surface area contributed by atoms with E-state index in [0.717, 1.165) is 5.71 Å². The third kappa shape index (κ3) is 1.31. The molecule has 2 rings (SSSR count). The van der Waals surface area contributed by atoms with Crippen molar-refractivity contribution in [3.8, 4) is 0 Å². The highest BCUT2D eigenvalue weighted by Gasteiger charge is 2.39. The average Bonchev–Trinajstić information content (AvgIpc) is 2.44. The van der Waals surface area contributed by atoms with Crippen molar-refractivity contribution in [3.05, 3.63) is 11.3 Å². The van der Waals surface area contributed by atoms with Gasteiger partial charge in [-0.25, -0.2) is 4.79 Å². The Hall–Kier alpha value is -1.32. The summed E-state index contributed by atoms with van der Waals surface area (Å²) >= 11 is 0. The smallest absolute Gasteiger partial charge is 0.371 e. The van der Waals surface area contributed by atoms with Gasteiger partial charge in [0.05, 0.1) is 0 Å². The predicted molar refractivity (Wildman–Crippen MR) is 50.6 cm³/mol. The Morgan fingerprint density at radius 2 is 2.21 bits per heavy atom. The summed E-state index contributed by atoms with van der Waals surface area (Å²) in [5.74, 6) is 0.315. The number of nitrogens with zero attached hydrogens (tertiary/aromatic N) is 1. The van der Waals surface area contributed by atoms with E-state index in [4.69, 9.17) is 4.74 Å². The number of carbonyl (C=O) groups is 1. The molecule has 0 bridgehead atoms. The summed E-state index contributed by atoms with van der Waals surface area (Å²) < 4.78 is 5.71. The lowest BCUT2D eigenvalue weighted by Crippen LogP contribution is -2.34. The van der Waals surface area contributed by atoms with Gasteiger partial charge in [0.2, 0.25) is 0 Å². The molecule has 0 fully saturated rings. The number of rotatable bonds is 1. The van der Waals surface area contributed by atoms with E-state index in [1.807, 2.05) is 20.8 Å². The van der Waals surface area contributed by atoms with E-state index in [1.54, 1.807) is 0 Å². The van der Waals surface area contributed by atoms with Crippen molar-refractivity contribution in [2.75, 3.05) is 0 Å². The van der Waals surface area contributed by atoms with E-state index < -0.39 is 0 Å². The molecule has 0 spiro atoms. The number of allylic oxidation sites excluding steroid dienone is 1. The third-order valence-corrected chi connectivity index (χ3v) is 2.32. The fourth-order valence-corrected chi connectivity index (χ4v) is 1.77. The van der Waals surface area contributed by atoms with Gasteiger partial charge in [0.15, 0.2) is 0 Å². The van der Waals surface area contributed by atoms with Crippen molar-refractivity contribution in [3.63, 3.8) is 0 Å². The zero-order valence-electron chi connectivity index (χ0n) is 8.59. The van der Waals surface area contributed by atoms with Crippen LogP contribution in [0.5, 0.6) is 0 Å². The minimum Gasteiger partial charge on any atom is -0.491 e. The van der Waals surface area contributed by atoms with E-state index in [2.05, 4.69) is 9.99 Å². The molecule has 0 amide bonds. The number of fused-ring (bicyclic) bond motifs is 1. The van der Waals surface area contributed by atoms with Crippen molar-refractivity contribution in [1.82, 2.24) is 0 Å². The van der Waals surface area contributed by atoms with Crippen molar-refractivity contribution in [2.45, 2.75) is 39.2 Å². The molecule has 4 nitrogen and oxygen atoms in total. The van der Waals surface area contributed by atoms with Crippen LogP contribution in [0.4, 0.5) is 0 Å². The first-order valence-electron chi connectivity index (χ1n) is 4.74. The molecule has 0 aromatic carbocycles. The number of hydrogen-bond donors (Lipinski definition) is 0. The summed E-state index contributed by atoms with van der Waals surface area (Å²) in [6.07, 6.45) is 1.31. The van der Waals surface area contributed by atoms with Crippen LogP contribution >= 0.6 is 0 Å². The van der Waals surface area contributed by atoms with Crippen molar-refractivity contribution >= 4 is 11.7 Å². The molecule has 0 N–H and O–H groups in total. The van der Waals surface area contributed by atoms with Crippen LogP contribution in [0.3, 0.4) is 0 Å². The molecule has 0 atom stereocenters. The van der Waals surface area contributed by atoms with Gasteiger partial charge in [0, 0.05) is 12.8 Å². The molecule has 0 saturated carbocycles. The van der Waals surface area contributed by atoms with Gasteiger partial charge in [-0.1, -0.05) is 12.1 Å². The van der Waals surface area contributed by atoms with Crippen LogP contribution in [0.15, 0.2) is 16.5 Å². The summed E-state index contributed by atoms with van der Waals surface area (Å²) in [4.78, 5) is 16.0. The molecule has 2 heterocycles. The first-order chi connectivity index (χ1) is 6.53. The van der Waals surface area contributed by atoms with Crippen molar-refractivity contribution in [2.24, 2.45) is 5.16 Å². The molecule has 2 aliphatic rings. The Bertz CT molecular complexity index is 352. The van der Waals surface area contributed by atoms with Crippen LogP contribution in [0, 0.1) is 0 Å². The lowest BCUT2D eigenvalue weighted by atomic mass is 9.92. The molecule has 4 heteroatoms. The minimum absolute atomic E-state index is 0.290. The quantitative estimate of drug-likeness (QED) is 0.599. The van der Waals surface area contributed by atoms with Gasteiger partial charge in [-0.3, -0.25) is 0 Å². The summed E-state index contributed by atoms with van der Waals surface area (Å²) in [6, 6.07) is 0. The number of carbonyl (C=O) groups excluding carboxylic acids is 1. The van der Waals surface area contributed by atoms with Crippen LogP contribution in [0.2, 0.25) is 0 Å². The Balaban J connectivity index is 2.46. The van der Waals surface area contributed by atoms with Gasteiger partial charge in [0.25, 0.3) is 0 Å². The van der Waals surface area contributed by atoms with Gasteiger partial charge in [-0.2, -0.15) is 0 Å². The van der Waals surface area contributed by atoms with Crippen molar-refractivity contribution in [1.29, 1.82) is 0 Å². The average molecular weight is 195 g/mol. The Kier molecular flexibility index (Phi) is 1.87. The largest absolute Gasteiger partial charge is 0.491 e. The van der Waals surface area contributed by atoms with Gasteiger partial charge < -0.3 is 9.57 Å². The van der Waals surface area contributed by atoms with Crippen molar-refractivity contribution < 1.29 is 14.4 Å². The second kappa shape index (κ2) is 2.83. The van der Waals surface area contributed by atoms with E-state index in [9.17, 15) is 4.79 Å². The van der Waals surface area contributed by atoms with Gasteiger partial charge in [-0.05, 0) is 13.8 Å². The third-order valence-electron chi connectivity index (χ3n) is 2.32. The molecule has 0 aromatic heterocycles. The molecular weight excluding hydrogens is 182 g/mol. The van der Waals surface area contributed by atoms with Gasteiger partial charge in [-0.15, -0.1) is 0 Å². The maximum atomic E-state index is 11.3. The highest BCUT2D eigenvalue weighted by Crippen LogP contribution is 2.34. The fourth-order valence-electron chi connectivity index (χ4n) is 1.77. The van der Waals surface area contributed by atoms with Gasteiger partial charge in [0.1, 0.15) is 22.6 Å². The molecule has 0 aliphatic carbocycles. The van der Waals surface area contributed by atoms with E-state index in [0.29, 0.717) is 24.2 Å². The highest BCUT2D eigenvalue weighted by atomic mass is 16.7. The maximum Gasteiger partial charge on any atom is 0.371 e. The predicted octanol–water partition coefficient (Wildman–Crippen LogP) is 1.76. The zero-order valence-corrected chi connectivity index (χ0v) is 8.59. The standard InChI is InChI=1S/C10H13NO3/c1-4-7-8-6(11-14-9(8)12)5-10(2,3)13-7/h4-5H2,1-3H3. The molecule has 0 radical (unpaired) electrons. The first kappa shape index (κ1) is 9.24. The molecule has 76 valence electrons. The topological polar surface area (TPSA) is 47.9 Å². The zero-order chi connectivity index (χ0) is 10.3. The van der Waals surface area contributed by atoms with Crippen LogP contribution in [-0.2, 0) is 14.4 Å². The van der Waals surface area contributed by atoms with Crippen LogP contribution < -0.4 is 0 Å². The van der Waals surface area contributed by atoms with E-state index in [-0.39, 0.29) is 11.6 Å². The molecular formula is C10H13NO3. The highest BCUT2D eigenvalue weighted by molar-refractivity contribution is 6.23. The lowest BCUT2D eigenvalue weighted by Gasteiger charge is -2.32. The Morgan fingerprint density at radius 3 is 2.86 bits per heavy atom. The second-order valence-corrected chi connectivity index (χ2v) is 4.11. The van der Waals surface area contributed by atoms with Crippen LogP contribution in [0.1, 0.15) is 33.6 Å². The van der Waals surface area contributed by atoms with Crippen LogP contribution in [-0.4, -0.2) is 17.3 Å². The van der Waals surface area contributed by atoms with Crippen LogP contribution in [0.25, 0.3) is 0 Å². The maximum absolute atomic E-state index is 11.3. The molecule has 0 saturated heterocycles. The van der Waals surface area contributed by atoms with E-state index in [1.165, 1.54) is 0 Å². The Labute approximate surface area is 82.6 Å². The fraction of sp³-hybridized carbons (Fsp3) is 0.600. The SMILES string of the molecule is CCC1=C2C(=O)ON=C2CC(C)(C)O1. The summed E-state index contributed by atoms with van der Waals surface area (Å²) in [7, 11) is 0. The molecule has 2 aliphatic heterocycles. The number of hydrogen-bond acceptors (Lipinski definition) is 4. The summed E-state index contributed by atoms with van der Waals surface area (Å²) in [5.41, 5.74) is 0.969. The molecule has 14 heavy (non-hydrogen) atoms. The molecule has 0 aromatic rings. The van der Waals surface area contributed by atoms with Gasteiger partial charge >= 0.3 is 5.97 Å². The van der Waals surface area contributed by atoms with E-state index >= 15 is 0 Å². The molecule has 0 unspecified atom stereocenters. The monoisotopic (exact) mass is 195 g/mol.